The van der Waals surface area contributed by atoms with Crippen LogP contribution in [0.4, 0.5) is 14.5 Å². The number of rotatable bonds is 6. The fraction of sp³-hybridized carbons (Fsp3) is 0.250. The Kier molecular flexibility index (Phi) is 5.13. The highest BCUT2D eigenvalue weighted by molar-refractivity contribution is 8.00. The molecule has 1 aliphatic rings. The van der Waals surface area contributed by atoms with Crippen molar-refractivity contribution in [2.24, 2.45) is 0 Å². The van der Waals surface area contributed by atoms with Gasteiger partial charge in [-0.25, -0.2) is 18.4 Å². The molecule has 1 atom stereocenters. The predicted octanol–water partition coefficient (Wildman–Crippen LogP) is 4.54. The van der Waals surface area contributed by atoms with Crippen molar-refractivity contribution in [1.29, 1.82) is 0 Å². The molecule has 1 amide bonds. The number of aromatic nitrogens is 3. The van der Waals surface area contributed by atoms with Crippen molar-refractivity contribution in [3.05, 3.63) is 66.0 Å². The second kappa shape index (κ2) is 7.71. The molecule has 1 N–H and O–H groups in total. The van der Waals surface area contributed by atoms with E-state index in [4.69, 9.17) is 0 Å². The molecule has 1 saturated carbocycles. The van der Waals surface area contributed by atoms with Gasteiger partial charge in [-0.3, -0.25) is 4.79 Å². The normalized spacial score (nSPS) is 14.7. The summed E-state index contributed by atoms with van der Waals surface area (Å²) in [6, 6.07) is 13.1. The van der Waals surface area contributed by atoms with Crippen LogP contribution < -0.4 is 5.32 Å². The van der Waals surface area contributed by atoms with Crippen molar-refractivity contribution >= 4 is 23.4 Å². The number of hydrogen-bond donors (Lipinski definition) is 1. The molecule has 1 aromatic heterocycles. The van der Waals surface area contributed by atoms with Crippen molar-refractivity contribution in [2.45, 2.75) is 36.1 Å². The van der Waals surface area contributed by atoms with Gasteiger partial charge in [0.2, 0.25) is 11.1 Å². The number of amides is 1. The van der Waals surface area contributed by atoms with Crippen LogP contribution in [0.1, 0.15) is 31.5 Å². The molecule has 1 heterocycles. The first-order chi connectivity index (χ1) is 13.5. The minimum atomic E-state index is -0.812. The van der Waals surface area contributed by atoms with Crippen LogP contribution in [0.5, 0.6) is 0 Å². The second-order valence-corrected chi connectivity index (χ2v) is 7.93. The van der Waals surface area contributed by atoms with Gasteiger partial charge in [0.05, 0.1) is 10.9 Å². The van der Waals surface area contributed by atoms with Gasteiger partial charge in [-0.05, 0) is 44.0 Å². The molecule has 1 fully saturated rings. The topological polar surface area (TPSA) is 59.8 Å². The standard InChI is InChI=1S/C20H18F2N4OS/c1-12(19(27)23-17-15(21)8-5-9-16(17)22)28-20-24-18(13-10-11-13)26(25-20)14-6-3-2-4-7-14/h2-9,12-13H,10-11H2,1H3,(H,23,27)/t12-/m0/s1. The molecule has 3 aromatic rings. The molecule has 0 radical (unpaired) electrons. The molecule has 0 saturated heterocycles. The zero-order valence-corrected chi connectivity index (χ0v) is 15.9. The second-order valence-electron chi connectivity index (χ2n) is 6.62. The quantitative estimate of drug-likeness (QED) is 0.617. The summed E-state index contributed by atoms with van der Waals surface area (Å²) >= 11 is 1.16. The van der Waals surface area contributed by atoms with Crippen LogP contribution in [-0.4, -0.2) is 25.9 Å². The lowest BCUT2D eigenvalue weighted by atomic mass is 10.3. The van der Waals surface area contributed by atoms with Crippen LogP contribution in [0.2, 0.25) is 0 Å². The summed E-state index contributed by atoms with van der Waals surface area (Å²) in [4.78, 5) is 17.0. The third kappa shape index (κ3) is 3.91. The molecule has 28 heavy (non-hydrogen) atoms. The lowest BCUT2D eigenvalue weighted by molar-refractivity contribution is -0.115. The van der Waals surface area contributed by atoms with E-state index < -0.39 is 28.5 Å². The van der Waals surface area contributed by atoms with Gasteiger partial charge in [0.15, 0.2) is 0 Å². The average molecular weight is 400 g/mol. The van der Waals surface area contributed by atoms with E-state index in [-0.39, 0.29) is 0 Å². The maximum absolute atomic E-state index is 13.8. The summed E-state index contributed by atoms with van der Waals surface area (Å²) in [5.74, 6) is -0.890. The van der Waals surface area contributed by atoms with Gasteiger partial charge in [-0.2, -0.15) is 0 Å². The van der Waals surface area contributed by atoms with Crippen LogP contribution in [-0.2, 0) is 4.79 Å². The van der Waals surface area contributed by atoms with Crippen LogP contribution in [0.25, 0.3) is 5.69 Å². The van der Waals surface area contributed by atoms with Crippen LogP contribution in [0, 0.1) is 11.6 Å². The maximum atomic E-state index is 13.8. The summed E-state index contributed by atoms with van der Waals surface area (Å²) in [5.41, 5.74) is 0.468. The minimum Gasteiger partial charge on any atom is -0.320 e. The molecule has 1 aliphatic carbocycles. The van der Waals surface area contributed by atoms with Gasteiger partial charge in [-0.15, -0.1) is 5.10 Å². The first kappa shape index (κ1) is 18.6. The van der Waals surface area contributed by atoms with Crippen molar-refractivity contribution in [2.75, 3.05) is 5.32 Å². The Hall–Kier alpha value is -2.74. The number of carbonyl (C=O) groups excluding carboxylic acids is 1. The fourth-order valence-electron chi connectivity index (χ4n) is 2.77. The first-order valence-electron chi connectivity index (χ1n) is 8.97. The van der Waals surface area contributed by atoms with Crippen molar-refractivity contribution < 1.29 is 13.6 Å². The van der Waals surface area contributed by atoms with Gasteiger partial charge in [0, 0.05) is 5.92 Å². The Bertz CT molecular complexity index is 984. The van der Waals surface area contributed by atoms with Crippen LogP contribution in [0.15, 0.2) is 53.7 Å². The van der Waals surface area contributed by atoms with E-state index in [9.17, 15) is 13.6 Å². The van der Waals surface area contributed by atoms with E-state index in [0.717, 1.165) is 48.2 Å². The summed E-state index contributed by atoms with van der Waals surface area (Å²) in [7, 11) is 0. The van der Waals surface area contributed by atoms with Gasteiger partial charge < -0.3 is 5.32 Å². The molecule has 2 aromatic carbocycles. The fourth-order valence-corrected chi connectivity index (χ4v) is 3.53. The van der Waals surface area contributed by atoms with Crippen molar-refractivity contribution in [3.63, 3.8) is 0 Å². The molecule has 4 rings (SSSR count). The molecule has 0 bridgehead atoms. The van der Waals surface area contributed by atoms with Gasteiger partial charge in [-0.1, -0.05) is 36.0 Å². The van der Waals surface area contributed by atoms with Gasteiger partial charge in [0.1, 0.15) is 23.1 Å². The SMILES string of the molecule is C[C@H](Sc1nc(C2CC2)n(-c2ccccc2)n1)C(=O)Nc1c(F)cccc1F. The highest BCUT2D eigenvalue weighted by Crippen LogP contribution is 2.40. The number of carbonyl (C=O) groups is 1. The third-order valence-corrected chi connectivity index (χ3v) is 5.37. The Morgan fingerprint density at radius 2 is 1.82 bits per heavy atom. The monoisotopic (exact) mass is 400 g/mol. The molecule has 0 unspecified atom stereocenters. The Balaban J connectivity index is 1.52. The number of nitrogens with zero attached hydrogens (tertiary/aromatic N) is 3. The molecule has 0 spiro atoms. The zero-order chi connectivity index (χ0) is 19.7. The van der Waals surface area contributed by atoms with E-state index in [0.29, 0.717) is 11.1 Å². The molecule has 144 valence electrons. The number of hydrogen-bond acceptors (Lipinski definition) is 4. The largest absolute Gasteiger partial charge is 0.320 e. The Labute approximate surface area is 165 Å². The van der Waals surface area contributed by atoms with E-state index in [1.165, 1.54) is 6.07 Å². The Morgan fingerprint density at radius 3 is 2.46 bits per heavy atom. The smallest absolute Gasteiger partial charge is 0.237 e. The molecule has 8 heteroatoms. The third-order valence-electron chi connectivity index (χ3n) is 4.42. The Morgan fingerprint density at radius 1 is 1.14 bits per heavy atom. The molecular weight excluding hydrogens is 382 g/mol. The lowest BCUT2D eigenvalue weighted by Crippen LogP contribution is -2.23. The number of anilines is 1. The van der Waals surface area contributed by atoms with Gasteiger partial charge in [0.25, 0.3) is 0 Å². The van der Waals surface area contributed by atoms with E-state index in [1.54, 1.807) is 11.6 Å². The number of para-hydroxylation sites is 2. The number of nitrogens with one attached hydrogen (secondary N) is 1. The highest BCUT2D eigenvalue weighted by Gasteiger charge is 2.31. The van der Waals surface area contributed by atoms with E-state index in [2.05, 4.69) is 15.4 Å². The van der Waals surface area contributed by atoms with E-state index >= 15 is 0 Å². The number of halogens is 2. The van der Waals surface area contributed by atoms with Crippen molar-refractivity contribution in [1.82, 2.24) is 14.8 Å². The average Bonchev–Trinajstić information content (AvgIpc) is 3.45. The van der Waals surface area contributed by atoms with Gasteiger partial charge >= 0.3 is 0 Å². The number of benzene rings is 2. The minimum absolute atomic E-state index is 0.374. The summed E-state index contributed by atoms with van der Waals surface area (Å²) in [6.07, 6.45) is 2.14. The summed E-state index contributed by atoms with van der Waals surface area (Å²) in [5, 5.41) is 6.69. The zero-order valence-electron chi connectivity index (χ0n) is 15.1. The van der Waals surface area contributed by atoms with Crippen molar-refractivity contribution in [3.8, 4) is 5.69 Å². The van der Waals surface area contributed by atoms with Crippen LogP contribution >= 0.6 is 11.8 Å². The lowest BCUT2D eigenvalue weighted by Gasteiger charge is -2.11. The van der Waals surface area contributed by atoms with Crippen LogP contribution in [0.3, 0.4) is 0 Å². The molecule has 5 nitrogen and oxygen atoms in total. The predicted molar refractivity (Wildman–Crippen MR) is 104 cm³/mol. The van der Waals surface area contributed by atoms with E-state index in [1.807, 2.05) is 30.3 Å². The highest BCUT2D eigenvalue weighted by atomic mass is 32.2. The number of thioether (sulfide) groups is 1. The summed E-state index contributed by atoms with van der Waals surface area (Å²) < 4.78 is 29.3. The summed E-state index contributed by atoms with van der Waals surface area (Å²) in [6.45, 7) is 1.65. The first-order valence-corrected chi connectivity index (χ1v) is 9.85. The molecular formula is C20H18F2N4OS. The maximum Gasteiger partial charge on any atom is 0.237 e. The molecule has 0 aliphatic heterocycles.